The summed E-state index contributed by atoms with van der Waals surface area (Å²) < 4.78 is 5.37. The number of H-pyrrole nitrogens is 1. The topological polar surface area (TPSA) is 54.5 Å². The molecule has 0 radical (unpaired) electrons. The van der Waals surface area contributed by atoms with Crippen LogP contribution >= 0.6 is 0 Å². The highest BCUT2D eigenvalue weighted by Crippen LogP contribution is 2.24. The molecule has 3 aromatic rings. The average Bonchev–Trinajstić information content (AvgIpc) is 3.24. The molecular weight excluding hydrogens is 348 g/mol. The first kappa shape index (κ1) is 18.2. The van der Waals surface area contributed by atoms with Crippen LogP contribution < -0.4 is 0 Å². The van der Waals surface area contributed by atoms with Crippen LogP contribution in [0.5, 0.6) is 0 Å². The minimum absolute atomic E-state index is 0.0837. The number of esters is 1. The maximum Gasteiger partial charge on any atom is 0.363 e. The van der Waals surface area contributed by atoms with E-state index in [9.17, 15) is 4.79 Å². The highest BCUT2D eigenvalue weighted by molar-refractivity contribution is 6.11. The van der Waals surface area contributed by atoms with Gasteiger partial charge in [0.15, 0.2) is 0 Å². The van der Waals surface area contributed by atoms with E-state index in [1.54, 1.807) is 0 Å². The van der Waals surface area contributed by atoms with E-state index in [1.807, 2.05) is 30.3 Å². The number of ether oxygens (including phenoxy) is 1. The predicted octanol–water partition coefficient (Wildman–Crippen LogP) is 5.29. The molecule has 0 aliphatic carbocycles. The molecule has 0 atom stereocenters. The molecule has 0 saturated heterocycles. The summed E-state index contributed by atoms with van der Waals surface area (Å²) in [6.07, 6.45) is 3.39. The van der Waals surface area contributed by atoms with Gasteiger partial charge in [-0.15, -0.1) is 0 Å². The number of aromatic nitrogens is 1. The summed E-state index contributed by atoms with van der Waals surface area (Å²) in [5.74, 6) is -0.00568. The van der Waals surface area contributed by atoms with Crippen molar-refractivity contribution in [3.63, 3.8) is 0 Å². The smallest absolute Gasteiger partial charge is 0.363 e. The molecule has 2 aromatic carbocycles. The monoisotopic (exact) mass is 372 g/mol. The molecule has 1 aliphatic heterocycles. The Balaban J connectivity index is 1.46. The number of nitrogens with one attached hydrogen (secondary N) is 1. The normalized spacial score (nSPS) is 15.9. The first-order valence-corrected chi connectivity index (χ1v) is 9.59. The fraction of sp³-hybridized carbons (Fsp3) is 0.250. The summed E-state index contributed by atoms with van der Waals surface area (Å²) in [4.78, 5) is 20.0. The number of carbonyl (C=O) groups excluding carboxylic acids is 1. The van der Waals surface area contributed by atoms with Gasteiger partial charge in [0.05, 0.1) is 0 Å². The van der Waals surface area contributed by atoms with Gasteiger partial charge in [-0.2, -0.15) is 0 Å². The summed E-state index contributed by atoms with van der Waals surface area (Å²) in [7, 11) is 0. The molecule has 4 rings (SSSR count). The van der Waals surface area contributed by atoms with Crippen LogP contribution in [0.4, 0.5) is 0 Å². The molecule has 2 heterocycles. The first-order chi connectivity index (χ1) is 13.4. The summed E-state index contributed by atoms with van der Waals surface area (Å²) in [6.45, 7) is 6.51. The number of aliphatic imine (C=N–C) groups is 1. The van der Waals surface area contributed by atoms with Crippen LogP contribution in [-0.2, 0) is 21.4 Å². The van der Waals surface area contributed by atoms with Gasteiger partial charge < -0.3 is 9.72 Å². The van der Waals surface area contributed by atoms with Gasteiger partial charge >= 0.3 is 5.97 Å². The Morgan fingerprint density at radius 1 is 1.07 bits per heavy atom. The van der Waals surface area contributed by atoms with Gasteiger partial charge in [-0.3, -0.25) is 0 Å². The third-order valence-corrected chi connectivity index (χ3v) is 4.96. The lowest BCUT2D eigenvalue weighted by molar-refractivity contribution is -0.130. The summed E-state index contributed by atoms with van der Waals surface area (Å²) in [5, 5.41) is 1.20. The molecule has 0 saturated carbocycles. The lowest BCUT2D eigenvalue weighted by atomic mass is 9.87. The van der Waals surface area contributed by atoms with Gasteiger partial charge in [0.25, 0.3) is 0 Å². The number of carbonyl (C=O) groups is 1. The van der Waals surface area contributed by atoms with E-state index in [0.29, 0.717) is 11.6 Å². The van der Waals surface area contributed by atoms with Crippen molar-refractivity contribution >= 4 is 22.8 Å². The predicted molar refractivity (Wildman–Crippen MR) is 112 cm³/mol. The lowest BCUT2D eigenvalue weighted by Crippen LogP contribution is -2.11. The maximum absolute atomic E-state index is 12.2. The molecule has 1 aliphatic rings. The van der Waals surface area contributed by atoms with Crippen LogP contribution in [0.25, 0.3) is 10.9 Å². The van der Waals surface area contributed by atoms with Crippen LogP contribution in [0, 0.1) is 0 Å². The standard InChI is InChI=1S/C24H24N2O2/c1-24(2,3)18-13-11-16(12-14-18)22-26-21(23(27)28-22)10-6-8-19-15-17-7-4-5-9-20(17)25-19/h4-5,7,9-15,25H,6,8H2,1-3H3/b21-10-. The number of rotatable bonds is 4. The van der Waals surface area contributed by atoms with Crippen LogP contribution in [-0.4, -0.2) is 16.9 Å². The van der Waals surface area contributed by atoms with Crippen molar-refractivity contribution in [1.82, 2.24) is 4.98 Å². The number of benzene rings is 2. The van der Waals surface area contributed by atoms with Crippen LogP contribution in [0.2, 0.25) is 0 Å². The number of cyclic esters (lactones) is 1. The van der Waals surface area contributed by atoms with E-state index >= 15 is 0 Å². The Morgan fingerprint density at radius 3 is 2.54 bits per heavy atom. The molecular formula is C24H24N2O2. The Hall–Kier alpha value is -3.14. The van der Waals surface area contributed by atoms with Crippen LogP contribution in [0.15, 0.2) is 71.4 Å². The van der Waals surface area contributed by atoms with E-state index in [0.717, 1.165) is 29.6 Å². The van der Waals surface area contributed by atoms with Gasteiger partial charge in [0, 0.05) is 16.8 Å². The van der Waals surface area contributed by atoms with Gasteiger partial charge in [-0.25, -0.2) is 9.79 Å². The van der Waals surface area contributed by atoms with Crippen molar-refractivity contribution in [1.29, 1.82) is 0 Å². The number of hydrogen-bond acceptors (Lipinski definition) is 3. The van der Waals surface area contributed by atoms with Crippen molar-refractivity contribution < 1.29 is 9.53 Å². The Kier molecular flexibility index (Phi) is 4.63. The molecule has 1 N–H and O–H groups in total. The minimum atomic E-state index is -0.383. The van der Waals surface area contributed by atoms with E-state index in [-0.39, 0.29) is 11.4 Å². The van der Waals surface area contributed by atoms with Crippen molar-refractivity contribution in [2.24, 2.45) is 4.99 Å². The Bertz CT molecular complexity index is 1050. The first-order valence-electron chi connectivity index (χ1n) is 9.59. The zero-order valence-corrected chi connectivity index (χ0v) is 16.5. The number of aromatic amines is 1. The van der Waals surface area contributed by atoms with E-state index in [4.69, 9.17) is 4.74 Å². The summed E-state index contributed by atoms with van der Waals surface area (Å²) >= 11 is 0. The van der Waals surface area contributed by atoms with Gasteiger partial charge in [0.1, 0.15) is 5.70 Å². The molecule has 0 bridgehead atoms. The second-order valence-electron chi connectivity index (χ2n) is 8.14. The highest BCUT2D eigenvalue weighted by atomic mass is 16.6. The summed E-state index contributed by atoms with van der Waals surface area (Å²) in [5.41, 5.74) is 4.79. The molecule has 0 amide bonds. The third-order valence-electron chi connectivity index (χ3n) is 4.96. The Labute approximate surface area is 165 Å². The minimum Gasteiger partial charge on any atom is -0.402 e. The van der Waals surface area contributed by atoms with Crippen molar-refractivity contribution in [2.45, 2.75) is 39.0 Å². The molecule has 28 heavy (non-hydrogen) atoms. The molecule has 0 spiro atoms. The molecule has 0 fully saturated rings. The van der Waals surface area contributed by atoms with E-state index < -0.39 is 0 Å². The average molecular weight is 372 g/mol. The number of aryl methyl sites for hydroxylation is 1. The fourth-order valence-corrected chi connectivity index (χ4v) is 3.32. The van der Waals surface area contributed by atoms with Crippen molar-refractivity contribution in [3.8, 4) is 0 Å². The van der Waals surface area contributed by atoms with Crippen LogP contribution in [0.1, 0.15) is 44.0 Å². The molecule has 0 unspecified atom stereocenters. The quantitative estimate of drug-likeness (QED) is 0.500. The Morgan fingerprint density at radius 2 is 1.82 bits per heavy atom. The number of para-hydroxylation sites is 1. The largest absolute Gasteiger partial charge is 0.402 e. The van der Waals surface area contributed by atoms with E-state index in [2.05, 4.69) is 61.1 Å². The van der Waals surface area contributed by atoms with Gasteiger partial charge in [-0.05, 0) is 53.5 Å². The number of hydrogen-bond donors (Lipinski definition) is 1. The number of allylic oxidation sites excluding steroid dienone is 1. The number of fused-ring (bicyclic) bond motifs is 1. The fourth-order valence-electron chi connectivity index (χ4n) is 3.32. The second kappa shape index (κ2) is 7.12. The van der Waals surface area contributed by atoms with Crippen LogP contribution in [0.3, 0.4) is 0 Å². The zero-order valence-electron chi connectivity index (χ0n) is 16.5. The number of nitrogens with zero attached hydrogens (tertiary/aromatic N) is 1. The van der Waals surface area contributed by atoms with Crippen molar-refractivity contribution in [2.75, 3.05) is 0 Å². The highest BCUT2D eigenvalue weighted by Gasteiger charge is 2.24. The summed E-state index contributed by atoms with van der Waals surface area (Å²) in [6, 6.07) is 18.4. The lowest BCUT2D eigenvalue weighted by Gasteiger charge is -2.18. The van der Waals surface area contributed by atoms with Gasteiger partial charge in [-0.1, -0.05) is 57.2 Å². The molecule has 1 aromatic heterocycles. The van der Waals surface area contributed by atoms with E-state index in [1.165, 1.54) is 10.9 Å². The molecule has 4 nitrogen and oxygen atoms in total. The van der Waals surface area contributed by atoms with Crippen molar-refractivity contribution in [3.05, 3.63) is 83.2 Å². The van der Waals surface area contributed by atoms with Gasteiger partial charge in [0.2, 0.25) is 5.90 Å². The second-order valence-corrected chi connectivity index (χ2v) is 8.14. The maximum atomic E-state index is 12.2. The molecule has 4 heteroatoms. The zero-order chi connectivity index (χ0) is 19.7. The SMILES string of the molecule is CC(C)(C)c1ccc(C2=N/C(=C\CCc3cc4ccccc4[nH]3)C(=O)O2)cc1. The third kappa shape index (κ3) is 3.77. The molecule has 142 valence electrons.